The maximum absolute atomic E-state index is 12.1. The first-order valence-corrected chi connectivity index (χ1v) is 7.78. The van der Waals surface area contributed by atoms with Gasteiger partial charge in [-0.05, 0) is 36.4 Å². The predicted molar refractivity (Wildman–Crippen MR) is 91.4 cm³/mol. The number of nitrogens with one attached hydrogen (secondary N) is 1. The number of anilines is 1. The normalized spacial score (nSPS) is 11.7. The average molecular weight is 377 g/mol. The van der Waals surface area contributed by atoms with Gasteiger partial charge in [-0.2, -0.15) is 0 Å². The van der Waals surface area contributed by atoms with Crippen LogP contribution in [-0.2, 0) is 9.53 Å². The SMILES string of the molecule is NC(=O)c1ccc(NC(=O)COC(=O)c2cc(Cl)c3c(c2)OCO3)cc1. The molecule has 1 aliphatic rings. The Hall–Kier alpha value is -3.26. The van der Waals surface area contributed by atoms with Gasteiger partial charge >= 0.3 is 5.97 Å². The van der Waals surface area contributed by atoms with Crippen LogP contribution in [0.3, 0.4) is 0 Å². The van der Waals surface area contributed by atoms with Crippen molar-refractivity contribution in [2.45, 2.75) is 0 Å². The van der Waals surface area contributed by atoms with Crippen LogP contribution in [0, 0.1) is 0 Å². The summed E-state index contributed by atoms with van der Waals surface area (Å²) in [7, 11) is 0. The number of amides is 2. The lowest BCUT2D eigenvalue weighted by molar-refractivity contribution is -0.119. The molecule has 0 aliphatic carbocycles. The first kappa shape index (κ1) is 17.6. The Bertz CT molecular complexity index is 882. The third-order valence-corrected chi connectivity index (χ3v) is 3.73. The smallest absolute Gasteiger partial charge is 0.338 e. The molecule has 8 nitrogen and oxygen atoms in total. The molecular formula is C17H13ClN2O6. The molecule has 9 heteroatoms. The standard InChI is InChI=1S/C17H13ClN2O6/c18-12-5-10(6-13-15(12)26-8-25-13)17(23)24-7-14(21)20-11-3-1-9(2-4-11)16(19)22/h1-6H,7-8H2,(H2,19,22)(H,20,21). The van der Waals surface area contributed by atoms with Crippen molar-refractivity contribution in [3.8, 4) is 11.5 Å². The van der Waals surface area contributed by atoms with Crippen molar-refractivity contribution in [1.82, 2.24) is 0 Å². The number of hydrogen-bond acceptors (Lipinski definition) is 6. The minimum atomic E-state index is -0.732. The fourth-order valence-corrected chi connectivity index (χ4v) is 2.48. The minimum absolute atomic E-state index is 0.0184. The summed E-state index contributed by atoms with van der Waals surface area (Å²) in [6, 6.07) is 8.76. The van der Waals surface area contributed by atoms with E-state index in [1.54, 1.807) is 0 Å². The fourth-order valence-electron chi connectivity index (χ4n) is 2.21. The van der Waals surface area contributed by atoms with Crippen LogP contribution in [0.15, 0.2) is 36.4 Å². The predicted octanol–water partition coefficient (Wildman–Crippen LogP) is 1.96. The maximum atomic E-state index is 12.1. The van der Waals surface area contributed by atoms with Crippen molar-refractivity contribution in [3.05, 3.63) is 52.5 Å². The second-order valence-electron chi connectivity index (χ2n) is 5.26. The van der Waals surface area contributed by atoms with Gasteiger partial charge in [0.1, 0.15) is 0 Å². The van der Waals surface area contributed by atoms with Crippen molar-refractivity contribution < 1.29 is 28.6 Å². The van der Waals surface area contributed by atoms with Crippen LogP contribution >= 0.6 is 11.6 Å². The molecule has 134 valence electrons. The summed E-state index contributed by atoms with van der Waals surface area (Å²) >= 11 is 6.00. The molecule has 0 spiro atoms. The zero-order valence-electron chi connectivity index (χ0n) is 13.3. The molecule has 0 fully saturated rings. The molecule has 1 aliphatic heterocycles. The highest BCUT2D eigenvalue weighted by molar-refractivity contribution is 6.32. The van der Waals surface area contributed by atoms with Crippen LogP contribution in [0.4, 0.5) is 5.69 Å². The van der Waals surface area contributed by atoms with E-state index in [-0.39, 0.29) is 17.4 Å². The number of nitrogens with two attached hydrogens (primary N) is 1. The van der Waals surface area contributed by atoms with Crippen molar-refractivity contribution in [3.63, 3.8) is 0 Å². The van der Waals surface area contributed by atoms with Crippen molar-refractivity contribution in [2.24, 2.45) is 5.73 Å². The van der Waals surface area contributed by atoms with E-state index in [0.29, 0.717) is 22.7 Å². The van der Waals surface area contributed by atoms with Crippen LogP contribution in [-0.4, -0.2) is 31.2 Å². The summed E-state index contributed by atoms with van der Waals surface area (Å²) < 4.78 is 15.3. The zero-order chi connectivity index (χ0) is 18.7. The van der Waals surface area contributed by atoms with Gasteiger partial charge in [0, 0.05) is 11.3 Å². The van der Waals surface area contributed by atoms with Gasteiger partial charge < -0.3 is 25.3 Å². The molecule has 1 heterocycles. The first-order chi connectivity index (χ1) is 12.4. The molecule has 3 N–H and O–H groups in total. The van der Waals surface area contributed by atoms with Gasteiger partial charge in [-0.15, -0.1) is 0 Å². The van der Waals surface area contributed by atoms with Crippen LogP contribution < -0.4 is 20.5 Å². The summed E-state index contributed by atoms with van der Waals surface area (Å²) in [5.41, 5.74) is 6.02. The van der Waals surface area contributed by atoms with E-state index in [1.807, 2.05) is 0 Å². The van der Waals surface area contributed by atoms with Gasteiger partial charge in [-0.25, -0.2) is 4.79 Å². The van der Waals surface area contributed by atoms with Gasteiger partial charge in [0.2, 0.25) is 12.7 Å². The molecule has 0 aromatic heterocycles. The lowest BCUT2D eigenvalue weighted by atomic mass is 10.2. The Morgan fingerprint density at radius 3 is 2.54 bits per heavy atom. The highest BCUT2D eigenvalue weighted by Crippen LogP contribution is 2.39. The van der Waals surface area contributed by atoms with Crippen molar-refractivity contribution in [1.29, 1.82) is 0 Å². The molecule has 0 unspecified atom stereocenters. The zero-order valence-corrected chi connectivity index (χ0v) is 14.0. The number of carbonyl (C=O) groups is 3. The Morgan fingerprint density at radius 2 is 1.85 bits per heavy atom. The molecule has 2 aromatic rings. The number of hydrogen-bond donors (Lipinski definition) is 2. The van der Waals surface area contributed by atoms with E-state index in [0.717, 1.165) is 0 Å². The van der Waals surface area contributed by atoms with Gasteiger partial charge in [0.25, 0.3) is 5.91 Å². The summed E-state index contributed by atoms with van der Waals surface area (Å²) in [5, 5.41) is 2.74. The Morgan fingerprint density at radius 1 is 1.12 bits per heavy atom. The molecular weight excluding hydrogens is 364 g/mol. The van der Waals surface area contributed by atoms with E-state index < -0.39 is 24.4 Å². The fraction of sp³-hybridized carbons (Fsp3) is 0.118. The molecule has 3 rings (SSSR count). The van der Waals surface area contributed by atoms with E-state index in [2.05, 4.69) is 5.32 Å². The van der Waals surface area contributed by atoms with Crippen molar-refractivity contribution >= 4 is 35.1 Å². The second-order valence-corrected chi connectivity index (χ2v) is 5.66. The van der Waals surface area contributed by atoms with Crippen LogP contribution in [0.1, 0.15) is 20.7 Å². The third-order valence-electron chi connectivity index (χ3n) is 3.45. The number of carbonyl (C=O) groups excluding carboxylic acids is 3. The number of primary amides is 1. The van der Waals surface area contributed by atoms with E-state index >= 15 is 0 Å². The van der Waals surface area contributed by atoms with Crippen LogP contribution in [0.2, 0.25) is 5.02 Å². The van der Waals surface area contributed by atoms with Gasteiger partial charge in [0.15, 0.2) is 18.1 Å². The highest BCUT2D eigenvalue weighted by Gasteiger charge is 2.21. The molecule has 2 amide bonds. The summed E-state index contributed by atoms with van der Waals surface area (Å²) in [6.45, 7) is -0.479. The maximum Gasteiger partial charge on any atom is 0.338 e. The molecule has 0 bridgehead atoms. The topological polar surface area (TPSA) is 117 Å². The number of fused-ring (bicyclic) bond motifs is 1. The lowest BCUT2D eigenvalue weighted by Crippen LogP contribution is -2.21. The van der Waals surface area contributed by atoms with E-state index in [9.17, 15) is 14.4 Å². The highest BCUT2D eigenvalue weighted by atomic mass is 35.5. The summed E-state index contributed by atoms with van der Waals surface area (Å²) in [6.07, 6.45) is 0. The molecule has 26 heavy (non-hydrogen) atoms. The summed E-state index contributed by atoms with van der Waals surface area (Å²) in [4.78, 5) is 34.9. The van der Waals surface area contributed by atoms with Gasteiger partial charge in [-0.3, -0.25) is 9.59 Å². The van der Waals surface area contributed by atoms with Crippen LogP contribution in [0.5, 0.6) is 11.5 Å². The minimum Gasteiger partial charge on any atom is -0.454 e. The Labute approximate surface area is 152 Å². The number of esters is 1. The first-order valence-electron chi connectivity index (χ1n) is 7.40. The molecule has 2 aromatic carbocycles. The Balaban J connectivity index is 1.56. The quantitative estimate of drug-likeness (QED) is 0.770. The molecule has 0 saturated heterocycles. The number of rotatable bonds is 5. The molecule has 0 atom stereocenters. The van der Waals surface area contributed by atoms with Gasteiger partial charge in [0.05, 0.1) is 10.6 Å². The number of halogens is 1. The lowest BCUT2D eigenvalue weighted by Gasteiger charge is -2.08. The number of benzene rings is 2. The molecule has 0 saturated carbocycles. The molecule has 0 radical (unpaired) electrons. The monoisotopic (exact) mass is 376 g/mol. The summed E-state index contributed by atoms with van der Waals surface area (Å²) in [5.74, 6) is -1.15. The third kappa shape index (κ3) is 3.86. The van der Waals surface area contributed by atoms with E-state index in [1.165, 1.54) is 36.4 Å². The average Bonchev–Trinajstić information content (AvgIpc) is 3.09. The number of ether oxygens (including phenoxy) is 3. The largest absolute Gasteiger partial charge is 0.454 e. The van der Waals surface area contributed by atoms with Crippen LogP contribution in [0.25, 0.3) is 0 Å². The van der Waals surface area contributed by atoms with Crippen molar-refractivity contribution in [2.75, 3.05) is 18.7 Å². The Kier molecular flexibility index (Phi) is 4.94. The second kappa shape index (κ2) is 7.32. The van der Waals surface area contributed by atoms with E-state index in [4.69, 9.17) is 31.5 Å². The van der Waals surface area contributed by atoms with Gasteiger partial charge in [-0.1, -0.05) is 11.6 Å².